The zero-order chi connectivity index (χ0) is 13.7. The van der Waals surface area contributed by atoms with Crippen molar-refractivity contribution in [3.8, 4) is 5.75 Å². The number of Topliss-reactive ketones (excluding diaryl/α,β-unsaturated/α-hetero) is 1. The minimum Gasteiger partial charge on any atom is -0.494 e. The number of benzene rings is 1. The van der Waals surface area contributed by atoms with Crippen LogP contribution < -0.4 is 4.74 Å². The summed E-state index contributed by atoms with van der Waals surface area (Å²) in [5.41, 5.74) is 3.42. The third-order valence-corrected chi connectivity index (χ3v) is 4.37. The molecule has 0 radical (unpaired) electrons. The van der Waals surface area contributed by atoms with Crippen LogP contribution in [0.1, 0.15) is 29.8 Å². The Morgan fingerprint density at radius 3 is 2.95 bits per heavy atom. The number of carbonyl (C=O) groups is 1. The Labute approximate surface area is 120 Å². The van der Waals surface area contributed by atoms with E-state index in [-0.39, 0.29) is 5.78 Å². The lowest BCUT2D eigenvalue weighted by Crippen LogP contribution is -1.99. The molecule has 0 atom stereocenters. The van der Waals surface area contributed by atoms with Gasteiger partial charge in [0, 0.05) is 16.9 Å². The first-order chi connectivity index (χ1) is 9.20. The molecule has 0 bridgehead atoms. The van der Waals surface area contributed by atoms with Crippen molar-refractivity contribution in [2.24, 2.45) is 0 Å². The van der Waals surface area contributed by atoms with E-state index in [0.717, 1.165) is 15.7 Å². The van der Waals surface area contributed by atoms with Crippen LogP contribution in [0.3, 0.4) is 0 Å². The number of hydrogen-bond acceptors (Lipinski definition) is 6. The van der Waals surface area contributed by atoms with Crippen molar-refractivity contribution in [3.05, 3.63) is 34.8 Å². The molecule has 19 heavy (non-hydrogen) atoms. The molecule has 1 heterocycles. The number of rotatable bonds is 6. The molecule has 0 aliphatic carbocycles. The Bertz CT molecular complexity index is 556. The van der Waals surface area contributed by atoms with E-state index < -0.39 is 0 Å². The van der Waals surface area contributed by atoms with Gasteiger partial charge in [-0.05, 0) is 32.0 Å². The Morgan fingerprint density at radius 1 is 1.47 bits per heavy atom. The first kappa shape index (κ1) is 14.0. The lowest BCUT2D eigenvalue weighted by atomic mass is 10.1. The van der Waals surface area contributed by atoms with Crippen molar-refractivity contribution in [2.75, 3.05) is 6.61 Å². The highest BCUT2D eigenvalue weighted by Crippen LogP contribution is 2.29. The van der Waals surface area contributed by atoms with Crippen LogP contribution in [-0.2, 0) is 5.75 Å². The Morgan fingerprint density at radius 2 is 2.32 bits per heavy atom. The van der Waals surface area contributed by atoms with Gasteiger partial charge in [0.05, 0.1) is 6.61 Å². The highest BCUT2D eigenvalue weighted by atomic mass is 32.2. The van der Waals surface area contributed by atoms with Gasteiger partial charge in [0.1, 0.15) is 11.3 Å². The molecule has 0 aliphatic rings. The molecular formula is C13H14N2O2S2. The fourth-order valence-electron chi connectivity index (χ4n) is 1.57. The summed E-state index contributed by atoms with van der Waals surface area (Å²) in [5.74, 6) is 1.60. The van der Waals surface area contributed by atoms with Gasteiger partial charge in [-0.2, -0.15) is 0 Å². The van der Waals surface area contributed by atoms with Crippen LogP contribution in [0.15, 0.2) is 28.0 Å². The molecule has 0 unspecified atom stereocenters. The van der Waals surface area contributed by atoms with Gasteiger partial charge in [0.2, 0.25) is 0 Å². The van der Waals surface area contributed by atoms with Gasteiger partial charge in [-0.3, -0.25) is 4.79 Å². The molecule has 2 rings (SSSR count). The Hall–Kier alpha value is -1.40. The smallest absolute Gasteiger partial charge is 0.174 e. The topological polar surface area (TPSA) is 52.1 Å². The van der Waals surface area contributed by atoms with Crippen LogP contribution in [0.2, 0.25) is 0 Å². The largest absolute Gasteiger partial charge is 0.494 e. The molecule has 0 spiro atoms. The van der Waals surface area contributed by atoms with E-state index in [9.17, 15) is 4.79 Å². The van der Waals surface area contributed by atoms with Crippen molar-refractivity contribution in [1.82, 2.24) is 10.2 Å². The quantitative estimate of drug-likeness (QED) is 0.603. The highest BCUT2D eigenvalue weighted by Gasteiger charge is 2.09. The summed E-state index contributed by atoms with van der Waals surface area (Å²) in [6.07, 6.45) is 0. The average Bonchev–Trinajstić information content (AvgIpc) is 2.90. The number of ketones is 1. The zero-order valence-corrected chi connectivity index (χ0v) is 12.4. The first-order valence-electron chi connectivity index (χ1n) is 5.86. The minimum absolute atomic E-state index is 0.0604. The van der Waals surface area contributed by atoms with E-state index in [2.05, 4.69) is 10.2 Å². The SMILES string of the molecule is CCOc1ccc(C(C)=O)cc1CSc1nncs1. The lowest BCUT2D eigenvalue weighted by Gasteiger charge is -2.10. The second-order valence-corrected chi connectivity index (χ2v) is 5.86. The third-order valence-electron chi connectivity index (χ3n) is 2.46. The van der Waals surface area contributed by atoms with Gasteiger partial charge >= 0.3 is 0 Å². The minimum atomic E-state index is 0.0604. The van der Waals surface area contributed by atoms with Gasteiger partial charge in [-0.25, -0.2) is 0 Å². The van der Waals surface area contributed by atoms with Crippen LogP contribution in [0.4, 0.5) is 0 Å². The van der Waals surface area contributed by atoms with E-state index in [4.69, 9.17) is 4.74 Å². The van der Waals surface area contributed by atoms with Gasteiger partial charge in [-0.1, -0.05) is 23.1 Å². The van der Waals surface area contributed by atoms with Crippen molar-refractivity contribution < 1.29 is 9.53 Å². The maximum absolute atomic E-state index is 11.4. The first-order valence-corrected chi connectivity index (χ1v) is 7.73. The molecule has 0 saturated carbocycles. The second-order valence-electron chi connectivity index (χ2n) is 3.81. The average molecular weight is 294 g/mol. The number of ether oxygens (including phenoxy) is 1. The number of carbonyl (C=O) groups excluding carboxylic acids is 1. The molecule has 0 aliphatic heterocycles. The lowest BCUT2D eigenvalue weighted by molar-refractivity contribution is 0.101. The van der Waals surface area contributed by atoms with E-state index >= 15 is 0 Å². The molecule has 0 N–H and O–H groups in total. The molecule has 0 amide bonds. The van der Waals surface area contributed by atoms with Gasteiger partial charge in [0.25, 0.3) is 0 Å². The van der Waals surface area contributed by atoms with Gasteiger partial charge < -0.3 is 4.74 Å². The van der Waals surface area contributed by atoms with Crippen molar-refractivity contribution in [3.63, 3.8) is 0 Å². The van der Waals surface area contributed by atoms with E-state index in [1.807, 2.05) is 19.1 Å². The summed E-state index contributed by atoms with van der Waals surface area (Å²) in [6, 6.07) is 5.55. The molecule has 100 valence electrons. The summed E-state index contributed by atoms with van der Waals surface area (Å²) in [5, 5.41) is 7.79. The van der Waals surface area contributed by atoms with Crippen LogP contribution in [0.5, 0.6) is 5.75 Å². The normalized spacial score (nSPS) is 10.4. The van der Waals surface area contributed by atoms with Gasteiger partial charge in [0.15, 0.2) is 10.1 Å². The van der Waals surface area contributed by atoms with Crippen LogP contribution in [-0.4, -0.2) is 22.6 Å². The number of hydrogen-bond donors (Lipinski definition) is 0. The van der Waals surface area contributed by atoms with Crippen LogP contribution in [0.25, 0.3) is 0 Å². The summed E-state index contributed by atoms with van der Waals surface area (Å²) in [4.78, 5) is 11.4. The Balaban J connectivity index is 2.19. The summed E-state index contributed by atoms with van der Waals surface area (Å²) in [7, 11) is 0. The third kappa shape index (κ3) is 3.78. The standard InChI is InChI=1S/C13H14N2O2S2/c1-3-17-12-5-4-10(9(2)16)6-11(12)7-18-13-15-14-8-19-13/h4-6,8H,3,7H2,1-2H3. The predicted octanol–water partition coefficient (Wildman–Crippen LogP) is 3.43. The molecule has 0 fully saturated rings. The summed E-state index contributed by atoms with van der Waals surface area (Å²) in [6.45, 7) is 4.12. The summed E-state index contributed by atoms with van der Waals surface area (Å²) >= 11 is 3.10. The maximum atomic E-state index is 11.4. The molecule has 1 aromatic heterocycles. The molecule has 0 saturated heterocycles. The van der Waals surface area contributed by atoms with Crippen LogP contribution >= 0.6 is 23.1 Å². The zero-order valence-electron chi connectivity index (χ0n) is 10.8. The Kier molecular flexibility index (Phi) is 4.93. The number of thioether (sulfide) groups is 1. The second kappa shape index (κ2) is 6.68. The van der Waals surface area contributed by atoms with Crippen molar-refractivity contribution in [2.45, 2.75) is 23.9 Å². The summed E-state index contributed by atoms with van der Waals surface area (Å²) < 4.78 is 6.50. The monoisotopic (exact) mass is 294 g/mol. The van der Waals surface area contributed by atoms with Crippen LogP contribution in [0, 0.1) is 0 Å². The maximum Gasteiger partial charge on any atom is 0.174 e. The molecule has 2 aromatic rings. The van der Waals surface area contributed by atoms with Gasteiger partial charge in [-0.15, -0.1) is 10.2 Å². The number of nitrogens with zero attached hydrogens (tertiary/aromatic N) is 2. The molecule has 4 nitrogen and oxygen atoms in total. The molecule has 1 aromatic carbocycles. The molecule has 6 heteroatoms. The number of aromatic nitrogens is 2. The fourth-order valence-corrected chi connectivity index (χ4v) is 3.04. The predicted molar refractivity (Wildman–Crippen MR) is 77.1 cm³/mol. The highest BCUT2D eigenvalue weighted by molar-refractivity contribution is 8.00. The van der Waals surface area contributed by atoms with Crippen molar-refractivity contribution in [1.29, 1.82) is 0 Å². The van der Waals surface area contributed by atoms with E-state index in [1.54, 1.807) is 30.3 Å². The molecular weight excluding hydrogens is 280 g/mol. The van der Waals surface area contributed by atoms with E-state index in [1.165, 1.54) is 11.3 Å². The van der Waals surface area contributed by atoms with Crippen molar-refractivity contribution >= 4 is 28.9 Å². The fraction of sp³-hybridized carbons (Fsp3) is 0.308. The van der Waals surface area contributed by atoms with E-state index in [0.29, 0.717) is 17.9 Å².